The van der Waals surface area contributed by atoms with Crippen LogP contribution in [0.25, 0.3) is 11.0 Å². The quantitative estimate of drug-likeness (QED) is 0.227. The minimum atomic E-state index is -4.58. The third-order valence-electron chi connectivity index (χ3n) is 8.23. The molecule has 3 heterocycles. The third-order valence-corrected chi connectivity index (χ3v) is 10.2. The summed E-state index contributed by atoms with van der Waals surface area (Å²) in [6.07, 6.45) is 3.43. The molecule has 3 aromatic carbocycles. The van der Waals surface area contributed by atoms with Gasteiger partial charge in [0.25, 0.3) is 15.9 Å². The lowest BCUT2D eigenvalue weighted by Crippen LogP contribution is -2.51. The van der Waals surface area contributed by atoms with E-state index in [1.807, 2.05) is 12.1 Å². The van der Waals surface area contributed by atoms with E-state index in [1.165, 1.54) is 62.3 Å². The van der Waals surface area contributed by atoms with Gasteiger partial charge in [0.15, 0.2) is 0 Å². The van der Waals surface area contributed by atoms with Gasteiger partial charge in [-0.25, -0.2) is 13.2 Å². The molecule has 244 valence electrons. The smallest absolute Gasteiger partial charge is 0.344 e. The van der Waals surface area contributed by atoms with Crippen LogP contribution in [0.1, 0.15) is 11.6 Å². The van der Waals surface area contributed by atoms with Gasteiger partial charge in [0.1, 0.15) is 28.2 Å². The number of rotatable bonds is 9. The summed E-state index contributed by atoms with van der Waals surface area (Å²) < 4.78 is 46.8. The monoisotopic (exact) mass is 677 g/mol. The van der Waals surface area contributed by atoms with E-state index in [-0.39, 0.29) is 26.7 Å². The van der Waals surface area contributed by atoms with Crippen molar-refractivity contribution >= 4 is 44.3 Å². The summed E-state index contributed by atoms with van der Waals surface area (Å²) in [7, 11) is -0.348. The first-order valence-corrected chi connectivity index (χ1v) is 16.5. The van der Waals surface area contributed by atoms with E-state index in [2.05, 4.69) is 9.88 Å². The number of ether oxygens (including phenoxy) is 3. The average molecular weight is 678 g/mol. The first kappa shape index (κ1) is 32.0. The number of imidazole rings is 1. The Kier molecular flexibility index (Phi) is 8.84. The lowest BCUT2D eigenvalue weighted by molar-refractivity contribution is -0.133. The number of methoxy groups -OCH3 is 3. The molecule has 1 aliphatic heterocycles. The van der Waals surface area contributed by atoms with Gasteiger partial charge in [0.2, 0.25) is 0 Å². The van der Waals surface area contributed by atoms with Crippen molar-refractivity contribution in [2.75, 3.05) is 52.4 Å². The highest BCUT2D eigenvalue weighted by Crippen LogP contribution is 2.35. The van der Waals surface area contributed by atoms with Crippen molar-refractivity contribution in [3.8, 4) is 17.2 Å². The second-order valence-corrected chi connectivity index (χ2v) is 12.9. The topological polar surface area (TPSA) is 125 Å². The van der Waals surface area contributed by atoms with Crippen LogP contribution in [0.4, 0.5) is 5.69 Å². The molecule has 1 saturated heterocycles. The number of aromatic nitrogens is 3. The molecule has 1 unspecified atom stereocenters. The molecular formula is C33H32ClN5O7S. The third kappa shape index (κ3) is 5.76. The first-order chi connectivity index (χ1) is 22.7. The van der Waals surface area contributed by atoms with Gasteiger partial charge in [0.05, 0.1) is 32.4 Å². The van der Waals surface area contributed by atoms with Gasteiger partial charge in [-0.15, -0.1) is 0 Å². The molecule has 0 N–H and O–H groups in total. The molecule has 0 aliphatic carbocycles. The van der Waals surface area contributed by atoms with Crippen LogP contribution in [0.15, 0.2) is 94.9 Å². The number of carbonyl (C=O) groups excluding carboxylic acids is 1. The molecule has 47 heavy (non-hydrogen) atoms. The highest BCUT2D eigenvalue weighted by Gasteiger charge is 2.37. The number of fused-ring (bicyclic) bond motifs is 1. The van der Waals surface area contributed by atoms with Crippen molar-refractivity contribution in [1.29, 1.82) is 0 Å². The number of nitrogens with zero attached hydrogens (tertiary/aromatic N) is 5. The number of piperazine rings is 1. The van der Waals surface area contributed by atoms with Crippen molar-refractivity contribution in [2.45, 2.75) is 10.9 Å². The van der Waals surface area contributed by atoms with Crippen LogP contribution < -0.4 is 24.8 Å². The highest BCUT2D eigenvalue weighted by atomic mass is 35.5. The predicted octanol–water partition coefficient (Wildman–Crippen LogP) is 4.05. The zero-order chi connectivity index (χ0) is 33.3. The van der Waals surface area contributed by atoms with E-state index in [0.717, 1.165) is 5.69 Å². The van der Waals surface area contributed by atoms with Crippen molar-refractivity contribution in [2.24, 2.45) is 0 Å². The summed E-state index contributed by atoms with van der Waals surface area (Å²) in [5.41, 5.74) is 0.601. The van der Waals surface area contributed by atoms with Crippen LogP contribution in [0, 0.1) is 0 Å². The van der Waals surface area contributed by atoms with E-state index in [1.54, 1.807) is 41.6 Å². The van der Waals surface area contributed by atoms with Crippen LogP contribution in [0.5, 0.6) is 17.2 Å². The molecule has 0 bridgehead atoms. The summed E-state index contributed by atoms with van der Waals surface area (Å²) in [4.78, 5) is 36.9. The van der Waals surface area contributed by atoms with Crippen molar-refractivity contribution in [3.05, 3.63) is 106 Å². The molecular weight excluding hydrogens is 646 g/mol. The van der Waals surface area contributed by atoms with Crippen LogP contribution in [-0.2, 0) is 14.8 Å². The molecule has 5 aromatic rings. The van der Waals surface area contributed by atoms with Crippen LogP contribution in [0.3, 0.4) is 0 Å². The number of amides is 1. The number of hydrogen-bond acceptors (Lipinski definition) is 9. The fourth-order valence-corrected chi connectivity index (χ4v) is 7.63. The molecule has 6 rings (SSSR count). The van der Waals surface area contributed by atoms with Crippen LogP contribution >= 0.6 is 11.6 Å². The molecule has 1 amide bonds. The first-order valence-electron chi connectivity index (χ1n) is 14.7. The van der Waals surface area contributed by atoms with Gasteiger partial charge < -0.3 is 24.0 Å². The minimum Gasteiger partial charge on any atom is -0.497 e. The average Bonchev–Trinajstić information content (AvgIpc) is 3.39. The summed E-state index contributed by atoms with van der Waals surface area (Å²) in [5, 5.41) is 0.250. The lowest BCUT2D eigenvalue weighted by Gasteiger charge is -2.37. The van der Waals surface area contributed by atoms with Gasteiger partial charge in [-0.1, -0.05) is 29.8 Å². The zero-order valence-electron chi connectivity index (χ0n) is 25.9. The number of benzene rings is 3. The van der Waals surface area contributed by atoms with Crippen molar-refractivity contribution in [1.82, 2.24) is 18.4 Å². The molecule has 0 saturated carbocycles. The molecule has 0 radical (unpaired) electrons. The zero-order valence-corrected chi connectivity index (χ0v) is 27.4. The normalized spacial score (nSPS) is 14.2. The summed E-state index contributed by atoms with van der Waals surface area (Å²) in [6, 6.07) is 18.0. The molecule has 12 nitrogen and oxygen atoms in total. The Labute approximate surface area is 276 Å². The Morgan fingerprint density at radius 1 is 0.830 bits per heavy atom. The molecule has 14 heteroatoms. The lowest BCUT2D eigenvalue weighted by atomic mass is 10.0. The molecule has 0 spiro atoms. The number of carbonyl (C=O) groups is 1. The number of para-hydroxylation sites is 1. The number of pyridine rings is 1. The fraction of sp³-hybridized carbons (Fsp3) is 0.242. The maximum atomic E-state index is 14.6. The van der Waals surface area contributed by atoms with Crippen LogP contribution in [-0.4, -0.2) is 80.3 Å². The van der Waals surface area contributed by atoms with Crippen LogP contribution in [0.2, 0.25) is 5.02 Å². The standard InChI is InChI=1S/C33H32ClN5O7S/c1-44-24-9-11-30(29(21-24)46-3)47(42,43)39-26-10-8-22(34)20-27(26)38(33(39)41)31(25-6-4-5-7-28(25)45-2)32(40)37-18-16-36(17-19-37)23-12-14-35-15-13-23/h4-15,20-21,31H,16-19H2,1-3H3. The minimum absolute atomic E-state index is 0.0180. The molecule has 1 atom stereocenters. The maximum absolute atomic E-state index is 14.6. The van der Waals surface area contributed by atoms with Gasteiger partial charge in [0, 0.05) is 60.9 Å². The SMILES string of the molecule is COc1ccc(S(=O)(=O)n2c(=O)n(C(C(=O)N3CCN(c4ccncc4)CC3)c3ccccc3OC)c3cc(Cl)ccc32)c(OC)c1. The van der Waals surface area contributed by atoms with Crippen molar-refractivity contribution < 1.29 is 27.4 Å². The van der Waals surface area contributed by atoms with Crippen molar-refractivity contribution in [3.63, 3.8) is 0 Å². The molecule has 1 aliphatic rings. The summed E-state index contributed by atoms with van der Waals surface area (Å²) >= 11 is 6.44. The second-order valence-electron chi connectivity index (χ2n) is 10.7. The highest BCUT2D eigenvalue weighted by molar-refractivity contribution is 7.90. The largest absolute Gasteiger partial charge is 0.497 e. The van der Waals surface area contributed by atoms with E-state index in [9.17, 15) is 18.0 Å². The molecule has 1 fully saturated rings. The Hall–Kier alpha value is -5.01. The fourth-order valence-electron chi connectivity index (χ4n) is 5.92. The summed E-state index contributed by atoms with van der Waals surface area (Å²) in [5.74, 6) is 0.309. The van der Waals surface area contributed by atoms with E-state index in [0.29, 0.717) is 47.2 Å². The Bertz CT molecular complexity index is 2110. The van der Waals surface area contributed by atoms with Gasteiger partial charge in [-0.05, 0) is 48.5 Å². The second kappa shape index (κ2) is 13.0. The van der Waals surface area contributed by atoms with E-state index < -0.39 is 27.7 Å². The van der Waals surface area contributed by atoms with E-state index >= 15 is 0 Å². The Morgan fingerprint density at radius 2 is 1.53 bits per heavy atom. The Morgan fingerprint density at radius 3 is 2.21 bits per heavy atom. The number of hydrogen-bond donors (Lipinski definition) is 0. The Balaban J connectivity index is 1.53. The van der Waals surface area contributed by atoms with Gasteiger partial charge in [-0.2, -0.15) is 3.97 Å². The number of halogens is 1. The summed E-state index contributed by atoms with van der Waals surface area (Å²) in [6.45, 7) is 1.82. The predicted molar refractivity (Wildman–Crippen MR) is 178 cm³/mol. The number of anilines is 1. The van der Waals surface area contributed by atoms with Gasteiger partial charge in [-0.3, -0.25) is 14.3 Å². The molecule has 2 aromatic heterocycles. The maximum Gasteiger partial charge on any atom is 0.344 e. The van der Waals surface area contributed by atoms with E-state index in [4.69, 9.17) is 25.8 Å². The van der Waals surface area contributed by atoms with Gasteiger partial charge >= 0.3 is 5.69 Å².